The quantitative estimate of drug-likeness (QED) is 0.791. The van der Waals surface area contributed by atoms with Crippen molar-refractivity contribution in [2.45, 2.75) is 37.8 Å². The fourth-order valence-corrected chi connectivity index (χ4v) is 2.64. The summed E-state index contributed by atoms with van der Waals surface area (Å²) in [4.78, 5) is 6.47. The second-order valence-electron chi connectivity index (χ2n) is 4.31. The lowest BCUT2D eigenvalue weighted by Crippen LogP contribution is -2.35. The summed E-state index contributed by atoms with van der Waals surface area (Å²) in [6, 6.07) is 0.737. The smallest absolute Gasteiger partial charge is 0.273 e. The number of hydrogen-bond donors (Lipinski definition) is 0. The van der Waals surface area contributed by atoms with Gasteiger partial charge in [0, 0.05) is 17.6 Å². The average molecular weight is 226 g/mol. The normalized spacial score (nSPS) is 26.9. The zero-order chi connectivity index (χ0) is 10.7. The van der Waals surface area contributed by atoms with Gasteiger partial charge in [-0.15, -0.1) is 0 Å². The fraction of sp³-hybridized carbons (Fsp3) is 0.727. The van der Waals surface area contributed by atoms with Crippen LogP contribution < -0.4 is 4.74 Å². The Morgan fingerprint density at radius 2 is 2.07 bits per heavy atom. The maximum atomic E-state index is 5.81. The predicted octanol–water partition coefficient (Wildman–Crippen LogP) is 2.39. The first-order valence-electron chi connectivity index (χ1n) is 5.48. The van der Waals surface area contributed by atoms with Gasteiger partial charge in [-0.2, -0.15) is 0 Å². The number of hydrogen-bond acceptors (Lipinski definition) is 4. The van der Waals surface area contributed by atoms with Crippen LogP contribution in [0.5, 0.6) is 5.19 Å². The average Bonchev–Trinajstić information content (AvgIpc) is 2.71. The Kier molecular flexibility index (Phi) is 3.59. The SMILES string of the molecule is CN(C)C1CCC(Oc2nccs2)CC1. The van der Waals surface area contributed by atoms with Crippen molar-refractivity contribution in [1.29, 1.82) is 0 Å². The lowest BCUT2D eigenvalue weighted by molar-refractivity contribution is 0.111. The minimum atomic E-state index is 0.382. The van der Waals surface area contributed by atoms with Gasteiger partial charge in [0.15, 0.2) is 0 Å². The number of rotatable bonds is 3. The predicted molar refractivity (Wildman–Crippen MR) is 62.5 cm³/mol. The van der Waals surface area contributed by atoms with E-state index in [0.717, 1.165) is 24.1 Å². The second-order valence-corrected chi connectivity index (χ2v) is 5.17. The lowest BCUT2D eigenvalue weighted by Gasteiger charge is -2.32. The van der Waals surface area contributed by atoms with E-state index in [0.29, 0.717) is 6.10 Å². The molecule has 0 aliphatic heterocycles. The van der Waals surface area contributed by atoms with Crippen molar-refractivity contribution in [3.05, 3.63) is 11.6 Å². The van der Waals surface area contributed by atoms with Crippen LogP contribution in [-0.2, 0) is 0 Å². The highest BCUT2D eigenvalue weighted by atomic mass is 32.1. The molecule has 0 unspecified atom stereocenters. The third kappa shape index (κ3) is 2.92. The molecule has 0 bridgehead atoms. The number of thiazole rings is 1. The zero-order valence-electron chi connectivity index (χ0n) is 9.35. The van der Waals surface area contributed by atoms with Gasteiger partial charge in [-0.1, -0.05) is 11.3 Å². The van der Waals surface area contributed by atoms with E-state index in [4.69, 9.17) is 4.74 Å². The number of nitrogens with zero attached hydrogens (tertiary/aromatic N) is 2. The van der Waals surface area contributed by atoms with E-state index in [1.54, 1.807) is 17.5 Å². The Hall–Kier alpha value is -0.610. The number of ether oxygens (including phenoxy) is 1. The highest BCUT2D eigenvalue weighted by molar-refractivity contribution is 7.11. The minimum Gasteiger partial charge on any atom is -0.467 e. The molecule has 0 spiro atoms. The van der Waals surface area contributed by atoms with Gasteiger partial charge in [0.05, 0.1) is 0 Å². The van der Waals surface area contributed by atoms with E-state index in [1.165, 1.54) is 12.8 Å². The second kappa shape index (κ2) is 4.94. The molecule has 0 aromatic carbocycles. The third-order valence-corrected chi connectivity index (χ3v) is 3.71. The van der Waals surface area contributed by atoms with E-state index in [9.17, 15) is 0 Å². The summed E-state index contributed by atoms with van der Waals surface area (Å²) >= 11 is 1.58. The van der Waals surface area contributed by atoms with Crippen molar-refractivity contribution >= 4 is 11.3 Å². The topological polar surface area (TPSA) is 25.4 Å². The van der Waals surface area contributed by atoms with Crippen LogP contribution >= 0.6 is 11.3 Å². The Labute approximate surface area is 95.1 Å². The van der Waals surface area contributed by atoms with E-state index in [1.807, 2.05) is 5.38 Å². The molecule has 1 saturated carbocycles. The van der Waals surface area contributed by atoms with E-state index < -0.39 is 0 Å². The lowest BCUT2D eigenvalue weighted by atomic mass is 9.92. The molecule has 1 aliphatic carbocycles. The van der Waals surface area contributed by atoms with Gasteiger partial charge >= 0.3 is 0 Å². The zero-order valence-corrected chi connectivity index (χ0v) is 10.2. The van der Waals surface area contributed by atoms with Crippen molar-refractivity contribution in [2.24, 2.45) is 0 Å². The van der Waals surface area contributed by atoms with Gasteiger partial charge in [-0.05, 0) is 39.8 Å². The van der Waals surface area contributed by atoms with Gasteiger partial charge < -0.3 is 9.64 Å². The van der Waals surface area contributed by atoms with Crippen LogP contribution in [0.4, 0.5) is 0 Å². The van der Waals surface area contributed by atoms with Crippen molar-refractivity contribution in [3.63, 3.8) is 0 Å². The largest absolute Gasteiger partial charge is 0.467 e. The van der Waals surface area contributed by atoms with Crippen LogP contribution in [0.3, 0.4) is 0 Å². The molecule has 1 heterocycles. The Balaban J connectivity index is 1.79. The summed E-state index contributed by atoms with van der Waals surface area (Å²) in [5.74, 6) is 0. The Morgan fingerprint density at radius 3 is 2.60 bits per heavy atom. The van der Waals surface area contributed by atoms with Crippen molar-refractivity contribution in [3.8, 4) is 5.19 Å². The Morgan fingerprint density at radius 1 is 1.33 bits per heavy atom. The molecule has 1 aromatic heterocycles. The summed E-state index contributed by atoms with van der Waals surface area (Å²) < 4.78 is 5.81. The molecule has 0 amide bonds. The molecule has 4 heteroatoms. The Bertz CT molecular complexity index is 279. The van der Waals surface area contributed by atoms with Crippen molar-refractivity contribution in [1.82, 2.24) is 9.88 Å². The summed E-state index contributed by atoms with van der Waals surface area (Å²) in [7, 11) is 4.32. The van der Waals surface area contributed by atoms with E-state index >= 15 is 0 Å². The molecule has 0 saturated heterocycles. The molecule has 15 heavy (non-hydrogen) atoms. The summed E-state index contributed by atoms with van der Waals surface area (Å²) in [6.45, 7) is 0. The maximum Gasteiger partial charge on any atom is 0.273 e. The molecule has 2 rings (SSSR count). The molecule has 1 aromatic rings. The van der Waals surface area contributed by atoms with Crippen LogP contribution in [-0.4, -0.2) is 36.1 Å². The monoisotopic (exact) mass is 226 g/mol. The standard InChI is InChI=1S/C11H18N2OS/c1-13(2)9-3-5-10(6-4-9)14-11-12-7-8-15-11/h7-10H,3-6H2,1-2H3. The van der Waals surface area contributed by atoms with Gasteiger partial charge in [0.2, 0.25) is 0 Å². The van der Waals surface area contributed by atoms with Crippen LogP contribution in [0, 0.1) is 0 Å². The summed E-state index contributed by atoms with van der Waals surface area (Å²) in [6.07, 6.45) is 6.97. The van der Waals surface area contributed by atoms with Crippen LogP contribution in [0.15, 0.2) is 11.6 Å². The van der Waals surface area contributed by atoms with Crippen molar-refractivity contribution in [2.75, 3.05) is 14.1 Å². The summed E-state index contributed by atoms with van der Waals surface area (Å²) in [5, 5.41) is 2.78. The van der Waals surface area contributed by atoms with E-state index in [2.05, 4.69) is 24.0 Å². The first kappa shape index (κ1) is 10.9. The fourth-order valence-electron chi connectivity index (χ4n) is 2.09. The van der Waals surface area contributed by atoms with Gasteiger partial charge in [-0.3, -0.25) is 0 Å². The third-order valence-electron chi connectivity index (χ3n) is 3.05. The van der Waals surface area contributed by atoms with Gasteiger partial charge in [0.1, 0.15) is 6.10 Å². The maximum absolute atomic E-state index is 5.81. The first-order valence-corrected chi connectivity index (χ1v) is 6.36. The molecule has 3 nitrogen and oxygen atoms in total. The molecule has 1 fully saturated rings. The molecule has 84 valence electrons. The molecule has 0 radical (unpaired) electrons. The van der Waals surface area contributed by atoms with Crippen molar-refractivity contribution < 1.29 is 4.74 Å². The molecular formula is C11H18N2OS. The van der Waals surface area contributed by atoms with Gasteiger partial charge in [0.25, 0.3) is 5.19 Å². The highest BCUT2D eigenvalue weighted by Gasteiger charge is 2.23. The molecule has 0 atom stereocenters. The highest BCUT2D eigenvalue weighted by Crippen LogP contribution is 2.26. The molecule has 0 N–H and O–H groups in total. The van der Waals surface area contributed by atoms with Crippen LogP contribution in [0.1, 0.15) is 25.7 Å². The summed E-state index contributed by atoms with van der Waals surface area (Å²) in [5.41, 5.74) is 0. The van der Waals surface area contributed by atoms with Crippen LogP contribution in [0.25, 0.3) is 0 Å². The van der Waals surface area contributed by atoms with Crippen LogP contribution in [0.2, 0.25) is 0 Å². The van der Waals surface area contributed by atoms with Gasteiger partial charge in [-0.25, -0.2) is 4.98 Å². The molecule has 1 aliphatic rings. The van der Waals surface area contributed by atoms with E-state index in [-0.39, 0.29) is 0 Å². The minimum absolute atomic E-state index is 0.382. The first-order chi connectivity index (χ1) is 7.25. The number of aromatic nitrogens is 1. The molecular weight excluding hydrogens is 208 g/mol.